The first kappa shape index (κ1) is 21.6. The summed E-state index contributed by atoms with van der Waals surface area (Å²) in [6.07, 6.45) is 2.32. The Labute approximate surface area is 178 Å². The van der Waals surface area contributed by atoms with Gasteiger partial charge in [0.05, 0.1) is 11.1 Å². The molecule has 154 valence electrons. The lowest BCUT2D eigenvalue weighted by Crippen LogP contribution is -2.57. The van der Waals surface area contributed by atoms with Gasteiger partial charge in [0.1, 0.15) is 23.6 Å². The van der Waals surface area contributed by atoms with Crippen LogP contribution >= 0.6 is 0 Å². The van der Waals surface area contributed by atoms with E-state index in [4.69, 9.17) is 4.74 Å². The van der Waals surface area contributed by atoms with Gasteiger partial charge in [-0.05, 0) is 76.8 Å². The van der Waals surface area contributed by atoms with Crippen LogP contribution in [0.25, 0.3) is 0 Å². The number of carbonyl (C=O) groups is 1. The Morgan fingerprint density at radius 2 is 1.60 bits per heavy atom. The van der Waals surface area contributed by atoms with Crippen molar-refractivity contribution in [3.63, 3.8) is 0 Å². The molecule has 1 aliphatic rings. The standard InChI is InChI=1S/C25H27N3O2/c1-24(2)13-17(14-25(3,4)28-24)11-21(29)18-9-10-23(20(12-18)16-27)30-22-8-6-5-7-19(22)15-26/h5-10,12,17,28H,11,13-14H2,1-4H3. The molecule has 1 N–H and O–H groups in total. The summed E-state index contributed by atoms with van der Waals surface area (Å²) < 4.78 is 5.80. The Morgan fingerprint density at radius 1 is 1.00 bits per heavy atom. The largest absolute Gasteiger partial charge is 0.455 e. The van der Waals surface area contributed by atoms with Gasteiger partial charge in [0.2, 0.25) is 0 Å². The van der Waals surface area contributed by atoms with E-state index >= 15 is 0 Å². The molecule has 0 atom stereocenters. The van der Waals surface area contributed by atoms with Crippen molar-refractivity contribution < 1.29 is 9.53 Å². The summed E-state index contributed by atoms with van der Waals surface area (Å²) >= 11 is 0. The highest BCUT2D eigenvalue weighted by Gasteiger charge is 2.38. The molecule has 5 heteroatoms. The normalized spacial score (nSPS) is 17.5. The summed E-state index contributed by atoms with van der Waals surface area (Å²) in [5.41, 5.74) is 1.14. The third kappa shape index (κ3) is 5.06. The minimum Gasteiger partial charge on any atom is -0.455 e. The average molecular weight is 402 g/mol. The minimum atomic E-state index is -0.0175. The highest BCUT2D eigenvalue weighted by Crippen LogP contribution is 2.36. The van der Waals surface area contributed by atoms with Gasteiger partial charge in [-0.3, -0.25) is 4.79 Å². The van der Waals surface area contributed by atoms with Crippen molar-refractivity contribution in [1.82, 2.24) is 5.32 Å². The molecule has 0 radical (unpaired) electrons. The Kier molecular flexibility index (Phi) is 5.97. The monoisotopic (exact) mass is 401 g/mol. The molecule has 0 unspecified atom stereocenters. The number of piperidine rings is 1. The zero-order valence-corrected chi connectivity index (χ0v) is 18.0. The van der Waals surface area contributed by atoms with E-state index in [1.165, 1.54) is 0 Å². The summed E-state index contributed by atoms with van der Waals surface area (Å²) in [7, 11) is 0. The number of para-hydroxylation sites is 1. The van der Waals surface area contributed by atoms with Crippen molar-refractivity contribution >= 4 is 5.78 Å². The first-order valence-corrected chi connectivity index (χ1v) is 10.2. The topological polar surface area (TPSA) is 85.9 Å². The summed E-state index contributed by atoms with van der Waals surface area (Å²) in [6, 6.07) is 16.0. The van der Waals surface area contributed by atoms with Crippen molar-refractivity contribution in [1.29, 1.82) is 10.5 Å². The van der Waals surface area contributed by atoms with Crippen LogP contribution in [0.3, 0.4) is 0 Å². The maximum atomic E-state index is 13.0. The van der Waals surface area contributed by atoms with Gasteiger partial charge in [-0.2, -0.15) is 10.5 Å². The number of nitriles is 2. The Bertz CT molecular complexity index is 1030. The second kappa shape index (κ2) is 8.30. The molecule has 0 aliphatic carbocycles. The molecule has 30 heavy (non-hydrogen) atoms. The van der Waals surface area contributed by atoms with Gasteiger partial charge in [0, 0.05) is 23.1 Å². The predicted molar refractivity (Wildman–Crippen MR) is 115 cm³/mol. The Hall–Kier alpha value is -3.15. The number of hydrogen-bond donors (Lipinski definition) is 1. The zero-order valence-electron chi connectivity index (χ0n) is 18.0. The molecule has 2 aromatic carbocycles. The molecule has 0 amide bonds. The quantitative estimate of drug-likeness (QED) is 0.682. The van der Waals surface area contributed by atoms with E-state index in [1.54, 1.807) is 42.5 Å². The van der Waals surface area contributed by atoms with Gasteiger partial charge < -0.3 is 10.1 Å². The van der Waals surface area contributed by atoms with Crippen molar-refractivity contribution in [2.45, 2.75) is 58.0 Å². The molecule has 1 aliphatic heterocycles. The molecule has 3 rings (SSSR count). The fourth-order valence-corrected chi connectivity index (χ4v) is 4.70. The lowest BCUT2D eigenvalue weighted by Gasteiger charge is -2.46. The van der Waals surface area contributed by atoms with Crippen LogP contribution < -0.4 is 10.1 Å². The van der Waals surface area contributed by atoms with E-state index in [2.05, 4.69) is 45.2 Å². The van der Waals surface area contributed by atoms with Gasteiger partial charge in [-0.1, -0.05) is 12.1 Å². The lowest BCUT2D eigenvalue weighted by molar-refractivity contribution is 0.0864. The van der Waals surface area contributed by atoms with Gasteiger partial charge in [-0.25, -0.2) is 0 Å². The van der Waals surface area contributed by atoms with Crippen molar-refractivity contribution in [3.8, 4) is 23.6 Å². The van der Waals surface area contributed by atoms with Crippen LogP contribution in [-0.2, 0) is 0 Å². The third-order valence-electron chi connectivity index (χ3n) is 5.40. The summed E-state index contributed by atoms with van der Waals surface area (Å²) in [5.74, 6) is 1.04. The van der Waals surface area contributed by atoms with Crippen molar-refractivity contribution in [2.75, 3.05) is 0 Å². The van der Waals surface area contributed by atoms with E-state index in [-0.39, 0.29) is 28.3 Å². The van der Waals surface area contributed by atoms with Gasteiger partial charge in [0.15, 0.2) is 5.78 Å². The summed E-state index contributed by atoms with van der Waals surface area (Å²) in [6.45, 7) is 8.68. The second-order valence-corrected chi connectivity index (χ2v) is 9.33. The molecular formula is C25H27N3O2. The molecule has 0 bridgehead atoms. The molecule has 0 spiro atoms. The fraction of sp³-hybridized carbons (Fsp3) is 0.400. The number of benzene rings is 2. The van der Waals surface area contributed by atoms with Crippen LogP contribution in [0.1, 0.15) is 68.4 Å². The molecule has 1 heterocycles. The maximum absolute atomic E-state index is 13.0. The van der Waals surface area contributed by atoms with E-state index in [0.29, 0.717) is 29.0 Å². The summed E-state index contributed by atoms with van der Waals surface area (Å²) in [5, 5.41) is 22.4. The molecule has 5 nitrogen and oxygen atoms in total. The van der Waals surface area contributed by atoms with E-state index in [1.807, 2.05) is 0 Å². The molecule has 0 aromatic heterocycles. The Morgan fingerprint density at radius 3 is 2.23 bits per heavy atom. The molecular weight excluding hydrogens is 374 g/mol. The SMILES string of the molecule is CC1(C)CC(CC(=O)c2ccc(Oc3ccccc3C#N)c(C#N)c2)CC(C)(C)N1. The van der Waals surface area contributed by atoms with Crippen LogP contribution in [0, 0.1) is 28.6 Å². The van der Waals surface area contributed by atoms with Crippen LogP contribution in [0.5, 0.6) is 11.5 Å². The third-order valence-corrected chi connectivity index (χ3v) is 5.40. The van der Waals surface area contributed by atoms with Crippen LogP contribution in [0.4, 0.5) is 0 Å². The lowest BCUT2D eigenvalue weighted by atomic mass is 9.74. The van der Waals surface area contributed by atoms with Crippen LogP contribution in [0.2, 0.25) is 0 Å². The zero-order chi connectivity index (χ0) is 21.9. The van der Waals surface area contributed by atoms with E-state index in [0.717, 1.165) is 12.8 Å². The number of nitrogens with zero attached hydrogens (tertiary/aromatic N) is 2. The first-order chi connectivity index (χ1) is 14.1. The van der Waals surface area contributed by atoms with Crippen molar-refractivity contribution in [3.05, 3.63) is 59.2 Å². The van der Waals surface area contributed by atoms with Gasteiger partial charge >= 0.3 is 0 Å². The number of ether oxygens (including phenoxy) is 1. The molecule has 0 saturated carbocycles. The number of nitrogens with one attached hydrogen (secondary N) is 1. The number of ketones is 1. The molecule has 1 fully saturated rings. The van der Waals surface area contributed by atoms with Crippen molar-refractivity contribution in [2.24, 2.45) is 5.92 Å². The Balaban J connectivity index is 1.78. The van der Waals surface area contributed by atoms with Gasteiger partial charge in [-0.15, -0.1) is 0 Å². The predicted octanol–water partition coefficient (Wildman–Crippen LogP) is 5.35. The molecule has 2 aromatic rings. The van der Waals surface area contributed by atoms with E-state index < -0.39 is 0 Å². The number of hydrogen-bond acceptors (Lipinski definition) is 5. The van der Waals surface area contributed by atoms with Crippen LogP contribution in [-0.4, -0.2) is 16.9 Å². The number of Topliss-reactive ketones (excluding diaryl/α,β-unsaturated/α-hetero) is 1. The van der Waals surface area contributed by atoms with Crippen LogP contribution in [0.15, 0.2) is 42.5 Å². The van der Waals surface area contributed by atoms with E-state index in [9.17, 15) is 15.3 Å². The first-order valence-electron chi connectivity index (χ1n) is 10.2. The average Bonchev–Trinajstić information content (AvgIpc) is 2.66. The highest BCUT2D eigenvalue weighted by atomic mass is 16.5. The highest BCUT2D eigenvalue weighted by molar-refractivity contribution is 5.96. The summed E-state index contributed by atoms with van der Waals surface area (Å²) in [4.78, 5) is 13.0. The maximum Gasteiger partial charge on any atom is 0.163 e. The number of rotatable bonds is 5. The second-order valence-electron chi connectivity index (χ2n) is 9.33. The van der Waals surface area contributed by atoms with Gasteiger partial charge in [0.25, 0.3) is 0 Å². The fourth-order valence-electron chi connectivity index (χ4n) is 4.70. The smallest absolute Gasteiger partial charge is 0.163 e. The minimum absolute atomic E-state index is 0.0175. The number of carbonyl (C=O) groups excluding carboxylic acids is 1. The molecule has 1 saturated heterocycles.